The van der Waals surface area contributed by atoms with Crippen LogP contribution in [-0.4, -0.2) is 35.7 Å². The molecule has 0 aromatic rings. The summed E-state index contributed by atoms with van der Waals surface area (Å²) in [4.78, 5) is 2.47. The SMILES string of the molecule is CC1CN(CC(O)C2CCCCC2)CC1C. The number of hydrogen-bond acceptors (Lipinski definition) is 2. The van der Waals surface area contributed by atoms with Gasteiger partial charge in [0.1, 0.15) is 0 Å². The lowest BCUT2D eigenvalue weighted by Gasteiger charge is -2.29. The zero-order valence-corrected chi connectivity index (χ0v) is 10.9. The second-order valence-corrected chi connectivity index (χ2v) is 6.14. The maximum atomic E-state index is 10.3. The van der Waals surface area contributed by atoms with Gasteiger partial charge in [-0.3, -0.25) is 0 Å². The summed E-state index contributed by atoms with van der Waals surface area (Å²) >= 11 is 0. The second kappa shape index (κ2) is 5.50. The molecule has 0 bridgehead atoms. The van der Waals surface area contributed by atoms with Gasteiger partial charge in [0.25, 0.3) is 0 Å². The zero-order chi connectivity index (χ0) is 11.5. The third-order valence-electron chi connectivity index (χ3n) is 4.70. The average molecular weight is 225 g/mol. The van der Waals surface area contributed by atoms with Gasteiger partial charge in [0, 0.05) is 19.6 Å². The quantitative estimate of drug-likeness (QED) is 0.798. The molecule has 2 rings (SSSR count). The van der Waals surface area contributed by atoms with Crippen molar-refractivity contribution < 1.29 is 5.11 Å². The largest absolute Gasteiger partial charge is 0.392 e. The number of β-amino-alcohol motifs (C(OH)–C–C–N with tert-alkyl or cyclic N) is 1. The molecule has 3 unspecified atom stereocenters. The summed E-state index contributed by atoms with van der Waals surface area (Å²) in [7, 11) is 0. The van der Waals surface area contributed by atoms with E-state index in [4.69, 9.17) is 0 Å². The number of nitrogens with zero attached hydrogens (tertiary/aromatic N) is 1. The van der Waals surface area contributed by atoms with E-state index in [1.54, 1.807) is 0 Å². The molecule has 1 saturated heterocycles. The van der Waals surface area contributed by atoms with Crippen LogP contribution >= 0.6 is 0 Å². The molecular formula is C14H27NO. The molecule has 1 aliphatic heterocycles. The Bertz CT molecular complexity index is 203. The van der Waals surface area contributed by atoms with Crippen molar-refractivity contribution >= 4 is 0 Å². The van der Waals surface area contributed by atoms with Crippen LogP contribution in [-0.2, 0) is 0 Å². The Morgan fingerprint density at radius 1 is 1.06 bits per heavy atom. The molecule has 94 valence electrons. The third kappa shape index (κ3) is 2.98. The van der Waals surface area contributed by atoms with Crippen LogP contribution in [0.15, 0.2) is 0 Å². The molecule has 0 aromatic carbocycles. The van der Waals surface area contributed by atoms with Crippen LogP contribution in [0.1, 0.15) is 46.0 Å². The van der Waals surface area contributed by atoms with Crippen molar-refractivity contribution in [3.05, 3.63) is 0 Å². The summed E-state index contributed by atoms with van der Waals surface area (Å²) in [6.45, 7) is 7.95. The van der Waals surface area contributed by atoms with E-state index in [1.807, 2.05) is 0 Å². The highest BCUT2D eigenvalue weighted by Crippen LogP contribution is 2.28. The fourth-order valence-corrected chi connectivity index (χ4v) is 3.33. The molecule has 1 N–H and O–H groups in total. The van der Waals surface area contributed by atoms with Gasteiger partial charge in [-0.15, -0.1) is 0 Å². The highest BCUT2D eigenvalue weighted by Gasteiger charge is 2.29. The molecule has 0 radical (unpaired) electrons. The first-order valence-corrected chi connectivity index (χ1v) is 7.07. The molecule has 0 aromatic heterocycles. The molecule has 0 amide bonds. The summed E-state index contributed by atoms with van der Waals surface area (Å²) in [6, 6.07) is 0. The van der Waals surface area contributed by atoms with E-state index in [9.17, 15) is 5.11 Å². The first-order chi connectivity index (χ1) is 7.66. The Balaban J connectivity index is 1.76. The van der Waals surface area contributed by atoms with Crippen LogP contribution in [0.2, 0.25) is 0 Å². The first kappa shape index (κ1) is 12.4. The van der Waals surface area contributed by atoms with E-state index >= 15 is 0 Å². The van der Waals surface area contributed by atoms with Crippen LogP contribution < -0.4 is 0 Å². The molecule has 1 heterocycles. The predicted octanol–water partition coefficient (Wildman–Crippen LogP) is 2.52. The minimum Gasteiger partial charge on any atom is -0.392 e. The number of aliphatic hydroxyl groups is 1. The van der Waals surface area contributed by atoms with E-state index < -0.39 is 0 Å². The molecule has 0 spiro atoms. The van der Waals surface area contributed by atoms with Crippen molar-refractivity contribution in [1.29, 1.82) is 0 Å². The molecular weight excluding hydrogens is 198 g/mol. The van der Waals surface area contributed by atoms with E-state index in [1.165, 1.54) is 45.2 Å². The van der Waals surface area contributed by atoms with Crippen LogP contribution in [0.3, 0.4) is 0 Å². The minimum atomic E-state index is -0.0715. The highest BCUT2D eigenvalue weighted by atomic mass is 16.3. The van der Waals surface area contributed by atoms with Gasteiger partial charge < -0.3 is 10.0 Å². The maximum Gasteiger partial charge on any atom is 0.0695 e. The number of hydrogen-bond donors (Lipinski definition) is 1. The van der Waals surface area contributed by atoms with Crippen molar-refractivity contribution in [2.45, 2.75) is 52.1 Å². The molecule has 3 atom stereocenters. The molecule has 2 nitrogen and oxygen atoms in total. The Morgan fingerprint density at radius 3 is 2.19 bits per heavy atom. The topological polar surface area (TPSA) is 23.5 Å². The maximum absolute atomic E-state index is 10.3. The Hall–Kier alpha value is -0.0800. The highest BCUT2D eigenvalue weighted by molar-refractivity contribution is 4.82. The summed E-state index contributed by atoms with van der Waals surface area (Å²) in [5.41, 5.74) is 0. The van der Waals surface area contributed by atoms with Crippen LogP contribution in [0.5, 0.6) is 0 Å². The Kier molecular flexibility index (Phi) is 4.26. The molecule has 2 aliphatic rings. The smallest absolute Gasteiger partial charge is 0.0695 e. The van der Waals surface area contributed by atoms with E-state index in [0.717, 1.165) is 18.4 Å². The van der Waals surface area contributed by atoms with E-state index in [-0.39, 0.29) is 6.10 Å². The van der Waals surface area contributed by atoms with Gasteiger partial charge in [0.05, 0.1) is 6.10 Å². The van der Waals surface area contributed by atoms with Crippen molar-refractivity contribution in [3.63, 3.8) is 0 Å². The second-order valence-electron chi connectivity index (χ2n) is 6.14. The summed E-state index contributed by atoms with van der Waals surface area (Å²) in [6.07, 6.45) is 6.46. The van der Waals surface area contributed by atoms with Crippen molar-refractivity contribution in [3.8, 4) is 0 Å². The minimum absolute atomic E-state index is 0.0715. The molecule has 1 saturated carbocycles. The predicted molar refractivity (Wildman–Crippen MR) is 67.3 cm³/mol. The summed E-state index contributed by atoms with van der Waals surface area (Å²) < 4.78 is 0. The normalized spacial score (nSPS) is 35.4. The monoisotopic (exact) mass is 225 g/mol. The lowest BCUT2D eigenvalue weighted by molar-refractivity contribution is 0.0531. The fraction of sp³-hybridized carbons (Fsp3) is 1.00. The van der Waals surface area contributed by atoms with Gasteiger partial charge in [-0.1, -0.05) is 33.1 Å². The van der Waals surface area contributed by atoms with Gasteiger partial charge >= 0.3 is 0 Å². The lowest BCUT2D eigenvalue weighted by atomic mass is 9.85. The lowest BCUT2D eigenvalue weighted by Crippen LogP contribution is -2.36. The summed E-state index contributed by atoms with van der Waals surface area (Å²) in [5, 5.41) is 10.3. The zero-order valence-electron chi connectivity index (χ0n) is 10.9. The third-order valence-corrected chi connectivity index (χ3v) is 4.70. The van der Waals surface area contributed by atoms with Gasteiger partial charge in [-0.05, 0) is 30.6 Å². The molecule has 2 fully saturated rings. The standard InChI is InChI=1S/C14H27NO/c1-11-8-15(9-12(11)2)10-14(16)13-6-4-3-5-7-13/h11-14,16H,3-10H2,1-2H3. The van der Waals surface area contributed by atoms with Crippen molar-refractivity contribution in [2.24, 2.45) is 17.8 Å². The van der Waals surface area contributed by atoms with Gasteiger partial charge in [0.2, 0.25) is 0 Å². The van der Waals surface area contributed by atoms with Crippen LogP contribution in [0.4, 0.5) is 0 Å². The van der Waals surface area contributed by atoms with Crippen LogP contribution in [0, 0.1) is 17.8 Å². The molecule has 1 aliphatic carbocycles. The van der Waals surface area contributed by atoms with Crippen LogP contribution in [0.25, 0.3) is 0 Å². The Morgan fingerprint density at radius 2 is 1.62 bits per heavy atom. The van der Waals surface area contributed by atoms with E-state index in [0.29, 0.717) is 5.92 Å². The van der Waals surface area contributed by atoms with E-state index in [2.05, 4.69) is 18.7 Å². The van der Waals surface area contributed by atoms with Crippen molar-refractivity contribution in [1.82, 2.24) is 4.90 Å². The average Bonchev–Trinajstić information content (AvgIpc) is 2.59. The van der Waals surface area contributed by atoms with Gasteiger partial charge in [-0.25, -0.2) is 0 Å². The summed E-state index contributed by atoms with van der Waals surface area (Å²) in [5.74, 6) is 2.19. The molecule has 2 heteroatoms. The van der Waals surface area contributed by atoms with Crippen molar-refractivity contribution in [2.75, 3.05) is 19.6 Å². The van der Waals surface area contributed by atoms with Gasteiger partial charge in [0.15, 0.2) is 0 Å². The first-order valence-electron chi connectivity index (χ1n) is 7.07. The Labute approximate surface area is 100 Å². The fourth-order valence-electron chi connectivity index (χ4n) is 3.33. The number of likely N-dealkylation sites (tertiary alicyclic amines) is 1. The number of aliphatic hydroxyl groups excluding tert-OH is 1. The number of rotatable bonds is 3. The molecule has 16 heavy (non-hydrogen) atoms. The van der Waals surface area contributed by atoms with Gasteiger partial charge in [-0.2, -0.15) is 0 Å².